The van der Waals surface area contributed by atoms with E-state index in [0.717, 1.165) is 58.4 Å². The van der Waals surface area contributed by atoms with Crippen LogP contribution in [-0.4, -0.2) is 101 Å². The first-order chi connectivity index (χ1) is 17.9. The Morgan fingerprint density at radius 2 is 1.37 bits per heavy atom. The van der Waals surface area contributed by atoms with Gasteiger partial charge in [-0.15, -0.1) is 16.9 Å². The van der Waals surface area contributed by atoms with Gasteiger partial charge in [0.05, 0.1) is 20.1 Å². The number of esters is 6. The van der Waals surface area contributed by atoms with Gasteiger partial charge in [0.2, 0.25) is 5.69 Å². The normalized spacial score (nSPS) is 22.5. The standard InChI is InChI=1S/C21H27N3O13S/c1-9(25)33-7-13-16(34-10(2)26)17(35-11(3)27)18(36-12(4)28)21(37-13)38-8-24-15(20(30)32-6)14(22-23-24)19(29)31-5/h13,16-18,21H,7-8H2,1-6H3/t13-,16-,17+,18-,21+/m1/s1. The molecule has 0 radical (unpaired) electrons. The molecule has 1 saturated heterocycles. The van der Waals surface area contributed by atoms with Gasteiger partial charge in [0.1, 0.15) is 18.1 Å². The number of carbonyl (C=O) groups is 6. The minimum Gasteiger partial charge on any atom is -0.464 e. The molecule has 0 unspecified atom stereocenters. The molecule has 210 valence electrons. The van der Waals surface area contributed by atoms with Crippen LogP contribution < -0.4 is 0 Å². The Morgan fingerprint density at radius 1 is 0.816 bits per heavy atom. The third kappa shape index (κ3) is 7.88. The molecule has 0 bridgehead atoms. The molecular weight excluding hydrogens is 534 g/mol. The van der Waals surface area contributed by atoms with Gasteiger partial charge in [-0.1, -0.05) is 5.21 Å². The molecule has 0 amide bonds. The molecule has 16 nitrogen and oxygen atoms in total. The van der Waals surface area contributed by atoms with Crippen LogP contribution in [0.1, 0.15) is 48.7 Å². The number of methoxy groups -OCH3 is 2. The summed E-state index contributed by atoms with van der Waals surface area (Å²) in [6.45, 7) is 4.05. The monoisotopic (exact) mass is 561 g/mol. The van der Waals surface area contributed by atoms with Gasteiger partial charge < -0.3 is 33.2 Å². The maximum absolute atomic E-state index is 12.3. The molecule has 5 atom stereocenters. The third-order valence-corrected chi connectivity index (χ3v) is 5.90. The summed E-state index contributed by atoms with van der Waals surface area (Å²) in [6.07, 6.45) is -5.17. The summed E-state index contributed by atoms with van der Waals surface area (Å²) < 4.78 is 37.4. The number of ether oxygens (including phenoxy) is 7. The molecule has 0 spiro atoms. The average Bonchev–Trinajstić information content (AvgIpc) is 3.26. The summed E-state index contributed by atoms with van der Waals surface area (Å²) in [7, 11) is 2.18. The van der Waals surface area contributed by atoms with Crippen molar-refractivity contribution in [2.75, 3.05) is 20.8 Å². The fourth-order valence-electron chi connectivity index (χ4n) is 3.40. The van der Waals surface area contributed by atoms with Gasteiger partial charge in [-0.05, 0) is 0 Å². The molecule has 17 heteroatoms. The highest BCUT2D eigenvalue weighted by Gasteiger charge is 2.52. The minimum atomic E-state index is -1.37. The van der Waals surface area contributed by atoms with Crippen LogP contribution in [0.25, 0.3) is 0 Å². The number of hydrogen-bond donors (Lipinski definition) is 0. The van der Waals surface area contributed by atoms with Gasteiger partial charge in [-0.3, -0.25) is 19.2 Å². The largest absolute Gasteiger partial charge is 0.464 e. The molecule has 1 fully saturated rings. The van der Waals surface area contributed by atoms with Crippen LogP contribution in [0.2, 0.25) is 0 Å². The topological polar surface area (TPSA) is 198 Å². The second-order valence-electron chi connectivity index (χ2n) is 7.63. The molecule has 2 heterocycles. The maximum atomic E-state index is 12.3. The number of carbonyl (C=O) groups excluding carboxylic acids is 6. The van der Waals surface area contributed by atoms with Gasteiger partial charge in [0.25, 0.3) is 0 Å². The lowest BCUT2D eigenvalue weighted by atomic mass is 9.99. The lowest BCUT2D eigenvalue weighted by molar-refractivity contribution is -0.237. The van der Waals surface area contributed by atoms with E-state index in [-0.39, 0.29) is 11.6 Å². The predicted octanol–water partition coefficient (Wildman–Crippen LogP) is -0.375. The van der Waals surface area contributed by atoms with E-state index in [0.29, 0.717) is 0 Å². The van der Waals surface area contributed by atoms with Gasteiger partial charge in [0.15, 0.2) is 24.0 Å². The van der Waals surface area contributed by atoms with Gasteiger partial charge in [-0.25, -0.2) is 14.3 Å². The first-order valence-corrected chi connectivity index (χ1v) is 12.0. The van der Waals surface area contributed by atoms with Crippen molar-refractivity contribution in [2.45, 2.75) is 63.4 Å². The summed E-state index contributed by atoms with van der Waals surface area (Å²) in [5.74, 6) is -5.07. The fourth-order valence-corrected chi connectivity index (χ4v) is 4.49. The molecule has 1 aliphatic rings. The predicted molar refractivity (Wildman–Crippen MR) is 122 cm³/mol. The number of hydrogen-bond acceptors (Lipinski definition) is 16. The number of nitrogens with zero attached hydrogens (tertiary/aromatic N) is 3. The molecule has 0 aromatic carbocycles. The van der Waals surface area contributed by atoms with E-state index in [4.69, 9.17) is 28.4 Å². The fraction of sp³-hybridized carbons (Fsp3) is 0.619. The van der Waals surface area contributed by atoms with Crippen LogP contribution >= 0.6 is 11.8 Å². The molecule has 2 rings (SSSR count). The molecule has 1 aliphatic heterocycles. The van der Waals surface area contributed by atoms with Crippen molar-refractivity contribution in [1.29, 1.82) is 0 Å². The molecule has 0 saturated carbocycles. The van der Waals surface area contributed by atoms with E-state index in [1.807, 2.05) is 0 Å². The van der Waals surface area contributed by atoms with E-state index in [2.05, 4.69) is 15.0 Å². The van der Waals surface area contributed by atoms with E-state index < -0.39 is 78.0 Å². The average molecular weight is 562 g/mol. The molecule has 1 aromatic rings. The highest BCUT2D eigenvalue weighted by atomic mass is 32.2. The van der Waals surface area contributed by atoms with Crippen molar-refractivity contribution in [2.24, 2.45) is 0 Å². The van der Waals surface area contributed by atoms with Gasteiger partial charge >= 0.3 is 35.8 Å². The Labute approximate surface area is 220 Å². The van der Waals surface area contributed by atoms with Crippen molar-refractivity contribution >= 4 is 47.6 Å². The Bertz CT molecular complexity index is 1070. The van der Waals surface area contributed by atoms with Crippen molar-refractivity contribution in [3.8, 4) is 0 Å². The smallest absolute Gasteiger partial charge is 0.361 e. The summed E-state index contributed by atoms with van der Waals surface area (Å²) in [5.41, 5.74) is -1.87. The zero-order valence-electron chi connectivity index (χ0n) is 21.4. The highest BCUT2D eigenvalue weighted by molar-refractivity contribution is 7.98. The quantitative estimate of drug-likeness (QED) is 0.264. The summed E-state index contributed by atoms with van der Waals surface area (Å²) >= 11 is 0.894. The highest BCUT2D eigenvalue weighted by Crippen LogP contribution is 2.35. The molecule has 1 aromatic heterocycles. The summed E-state index contributed by atoms with van der Waals surface area (Å²) in [5, 5.41) is 7.45. The SMILES string of the molecule is COC(=O)c1nnn(CS[C@@H]2O[C@H](COC(C)=O)[C@@H](OC(C)=O)[C@H](OC(C)=O)[C@H]2OC(C)=O)c1C(=O)OC. The van der Waals surface area contributed by atoms with E-state index in [9.17, 15) is 28.8 Å². The Hall–Kier alpha value is -3.73. The van der Waals surface area contributed by atoms with Crippen LogP contribution in [0.15, 0.2) is 0 Å². The zero-order chi connectivity index (χ0) is 28.6. The maximum Gasteiger partial charge on any atom is 0.361 e. The lowest BCUT2D eigenvalue weighted by Gasteiger charge is -2.44. The van der Waals surface area contributed by atoms with E-state index in [1.54, 1.807) is 0 Å². The minimum absolute atomic E-state index is 0.220. The van der Waals surface area contributed by atoms with Crippen LogP contribution in [0.3, 0.4) is 0 Å². The lowest BCUT2D eigenvalue weighted by Crippen LogP contribution is -2.61. The van der Waals surface area contributed by atoms with Gasteiger partial charge in [0, 0.05) is 27.7 Å². The van der Waals surface area contributed by atoms with Crippen molar-refractivity contribution in [3.63, 3.8) is 0 Å². The van der Waals surface area contributed by atoms with E-state index in [1.165, 1.54) is 0 Å². The third-order valence-electron chi connectivity index (χ3n) is 4.80. The molecule has 0 aliphatic carbocycles. The Morgan fingerprint density at radius 3 is 1.89 bits per heavy atom. The van der Waals surface area contributed by atoms with E-state index >= 15 is 0 Å². The van der Waals surface area contributed by atoms with Crippen LogP contribution in [-0.2, 0) is 58.2 Å². The first-order valence-electron chi connectivity index (χ1n) is 10.9. The van der Waals surface area contributed by atoms with Crippen molar-refractivity contribution < 1.29 is 61.9 Å². The molecule has 0 N–H and O–H groups in total. The zero-order valence-corrected chi connectivity index (χ0v) is 22.2. The molecular formula is C21H27N3O13S. The molecule has 38 heavy (non-hydrogen) atoms. The number of aromatic nitrogens is 3. The van der Waals surface area contributed by atoms with Crippen molar-refractivity contribution in [1.82, 2.24) is 15.0 Å². The summed E-state index contributed by atoms with van der Waals surface area (Å²) in [6, 6.07) is 0. The second-order valence-corrected chi connectivity index (χ2v) is 8.69. The van der Waals surface area contributed by atoms with Crippen LogP contribution in [0.5, 0.6) is 0 Å². The number of thioether (sulfide) groups is 1. The Balaban J connectivity index is 2.46. The number of rotatable bonds is 10. The van der Waals surface area contributed by atoms with Crippen LogP contribution in [0, 0.1) is 0 Å². The van der Waals surface area contributed by atoms with Crippen molar-refractivity contribution in [3.05, 3.63) is 11.4 Å². The Kier molecular flexibility index (Phi) is 11.0. The van der Waals surface area contributed by atoms with Gasteiger partial charge in [-0.2, -0.15) is 0 Å². The summed E-state index contributed by atoms with van der Waals surface area (Å²) in [4.78, 5) is 71.5. The van der Waals surface area contributed by atoms with Crippen LogP contribution in [0.4, 0.5) is 0 Å². The second kappa shape index (κ2) is 13.7. The first kappa shape index (κ1) is 30.5.